The fourth-order valence-corrected chi connectivity index (χ4v) is 6.39. The minimum absolute atomic E-state index is 0.0122. The van der Waals surface area contributed by atoms with Gasteiger partial charge in [-0.2, -0.15) is 39.5 Å². The molecule has 1 heterocycles. The van der Waals surface area contributed by atoms with Crippen molar-refractivity contribution in [2.45, 2.75) is 77.6 Å². The number of aromatic nitrogens is 2. The Balaban J connectivity index is 1.70. The molecule has 1 fully saturated rings. The summed E-state index contributed by atoms with van der Waals surface area (Å²) in [5, 5.41) is 0. The molecular weight excluding hydrogens is 747 g/mol. The Morgan fingerprint density at radius 1 is 0.780 bits per heavy atom. The first-order valence-corrected chi connectivity index (χ1v) is 16.8. The van der Waals surface area contributed by atoms with Crippen molar-refractivity contribution in [2.75, 3.05) is 29.5 Å². The molecule has 0 bridgehead atoms. The summed E-state index contributed by atoms with van der Waals surface area (Å²) in [6.07, 6.45) is -8.84. The van der Waals surface area contributed by atoms with Gasteiger partial charge in [0.25, 0.3) is 0 Å². The first-order chi connectivity index (χ1) is 23.4. The summed E-state index contributed by atoms with van der Waals surface area (Å²) >= 11 is 3.18. The quantitative estimate of drug-likeness (QED) is 0.135. The van der Waals surface area contributed by atoms with Crippen LogP contribution in [0.25, 0.3) is 0 Å². The van der Waals surface area contributed by atoms with E-state index in [2.05, 4.69) is 25.9 Å². The molecule has 0 amide bonds. The SMILES string of the molecule is CCOC(=O)C[C@H]1CC[C@H](CN(CC)c2ccc(C(F)(F)F)cc2CN(Cc2cc(C(F)(F)F)cc(C(F)(F)F)c2)c2ncc(Br)cn2)CC1. The number of benzene rings is 2. The number of rotatable bonds is 12. The van der Waals surface area contributed by atoms with Crippen LogP contribution in [-0.4, -0.2) is 35.6 Å². The Kier molecular flexibility index (Phi) is 12.7. The maximum Gasteiger partial charge on any atom is 0.416 e. The highest BCUT2D eigenvalue weighted by molar-refractivity contribution is 9.10. The number of carbonyl (C=O) groups is 1. The third-order valence-electron chi connectivity index (χ3n) is 8.61. The zero-order valence-corrected chi connectivity index (χ0v) is 28.8. The van der Waals surface area contributed by atoms with Gasteiger partial charge in [-0.1, -0.05) is 0 Å². The summed E-state index contributed by atoms with van der Waals surface area (Å²) in [7, 11) is 0. The molecular formula is C34H36BrF9N4O2. The predicted molar refractivity (Wildman–Crippen MR) is 172 cm³/mol. The van der Waals surface area contributed by atoms with Crippen LogP contribution >= 0.6 is 15.9 Å². The van der Waals surface area contributed by atoms with Gasteiger partial charge in [0.05, 0.1) is 27.8 Å². The van der Waals surface area contributed by atoms with Gasteiger partial charge in [-0.15, -0.1) is 0 Å². The molecule has 0 saturated heterocycles. The van der Waals surface area contributed by atoms with Crippen molar-refractivity contribution < 1.29 is 49.0 Å². The highest BCUT2D eigenvalue weighted by Gasteiger charge is 2.37. The van der Waals surface area contributed by atoms with Crippen molar-refractivity contribution in [3.63, 3.8) is 0 Å². The molecule has 0 unspecified atom stereocenters. The second-order valence-corrected chi connectivity index (χ2v) is 13.2. The van der Waals surface area contributed by atoms with Crippen molar-refractivity contribution in [2.24, 2.45) is 11.8 Å². The van der Waals surface area contributed by atoms with E-state index in [1.165, 1.54) is 23.4 Å². The topological polar surface area (TPSA) is 58.6 Å². The number of esters is 1. The molecule has 1 saturated carbocycles. The van der Waals surface area contributed by atoms with Crippen molar-refractivity contribution in [3.8, 4) is 0 Å². The van der Waals surface area contributed by atoms with Crippen LogP contribution in [0.5, 0.6) is 0 Å². The number of hydrogen-bond donors (Lipinski definition) is 0. The summed E-state index contributed by atoms with van der Waals surface area (Å²) in [5.74, 6) is -0.0272. The minimum atomic E-state index is -5.09. The molecule has 0 N–H and O–H groups in total. The summed E-state index contributed by atoms with van der Waals surface area (Å²) < 4.78 is 130. The van der Waals surface area contributed by atoms with E-state index in [1.807, 2.05) is 11.8 Å². The predicted octanol–water partition coefficient (Wildman–Crippen LogP) is 10.1. The molecule has 1 aliphatic rings. The molecule has 0 atom stereocenters. The molecule has 50 heavy (non-hydrogen) atoms. The van der Waals surface area contributed by atoms with Crippen LogP contribution in [0.2, 0.25) is 0 Å². The number of carbonyl (C=O) groups excluding carboxylic acids is 1. The molecule has 4 rings (SSSR count). The van der Waals surface area contributed by atoms with Crippen molar-refractivity contribution in [3.05, 3.63) is 81.1 Å². The van der Waals surface area contributed by atoms with Crippen molar-refractivity contribution >= 4 is 33.5 Å². The highest BCUT2D eigenvalue weighted by Crippen LogP contribution is 2.39. The molecule has 6 nitrogen and oxygen atoms in total. The van der Waals surface area contributed by atoms with E-state index in [9.17, 15) is 44.3 Å². The van der Waals surface area contributed by atoms with E-state index < -0.39 is 41.8 Å². The third kappa shape index (κ3) is 10.7. The molecule has 16 heteroatoms. The number of nitrogens with zero attached hydrogens (tertiary/aromatic N) is 4. The van der Waals surface area contributed by atoms with E-state index >= 15 is 0 Å². The van der Waals surface area contributed by atoms with Gasteiger partial charge in [-0.05, 0) is 115 Å². The molecule has 2 aromatic carbocycles. The lowest BCUT2D eigenvalue weighted by atomic mass is 9.80. The number of anilines is 2. The van der Waals surface area contributed by atoms with Crippen LogP contribution in [0, 0.1) is 11.8 Å². The molecule has 1 aliphatic carbocycles. The second kappa shape index (κ2) is 16.2. The first kappa shape index (κ1) is 39.2. The van der Waals surface area contributed by atoms with Gasteiger partial charge < -0.3 is 14.5 Å². The average Bonchev–Trinajstić information content (AvgIpc) is 3.03. The van der Waals surface area contributed by atoms with Gasteiger partial charge in [-0.3, -0.25) is 4.79 Å². The zero-order valence-electron chi connectivity index (χ0n) is 27.2. The number of hydrogen-bond acceptors (Lipinski definition) is 6. The first-order valence-electron chi connectivity index (χ1n) is 16.0. The van der Waals surface area contributed by atoms with Crippen LogP contribution in [0.1, 0.15) is 73.8 Å². The standard InChI is InChI=1S/C34H36BrF9N4O2/c1-3-47(18-22-7-5-21(6-8-22)13-30(49)50-4-2)29-10-9-25(32(36,37)38)14-24(29)20-48(31-45-16-28(35)17-46-31)19-23-11-26(33(39,40)41)15-27(12-23)34(42,43)44/h9-12,14-17,21-22H,3-8,13,18-20H2,1-2H3/t21-,22-. The van der Waals surface area contributed by atoms with Crippen LogP contribution in [-0.2, 0) is 41.1 Å². The largest absolute Gasteiger partial charge is 0.466 e. The highest BCUT2D eigenvalue weighted by atomic mass is 79.9. The number of alkyl halides is 9. The molecule has 274 valence electrons. The fraction of sp³-hybridized carbons (Fsp3) is 0.500. The second-order valence-electron chi connectivity index (χ2n) is 12.2. The van der Waals surface area contributed by atoms with E-state index in [1.54, 1.807) is 6.92 Å². The minimum Gasteiger partial charge on any atom is -0.466 e. The normalized spacial score (nSPS) is 17.0. The van der Waals surface area contributed by atoms with Crippen LogP contribution in [0.15, 0.2) is 53.3 Å². The number of halogens is 10. The van der Waals surface area contributed by atoms with Gasteiger partial charge in [0.1, 0.15) is 0 Å². The molecule has 0 radical (unpaired) electrons. The summed E-state index contributed by atoms with van der Waals surface area (Å²) in [6, 6.07) is 4.38. The number of ether oxygens (including phenoxy) is 1. The zero-order chi connectivity index (χ0) is 36.9. The Bertz CT molecular complexity index is 1560. The fourth-order valence-electron chi connectivity index (χ4n) is 6.18. The lowest BCUT2D eigenvalue weighted by Crippen LogP contribution is -2.33. The summed E-state index contributed by atoms with van der Waals surface area (Å²) in [5.41, 5.74) is -3.84. The molecule has 1 aromatic heterocycles. The van der Waals surface area contributed by atoms with E-state index in [4.69, 9.17) is 4.74 Å². The van der Waals surface area contributed by atoms with Crippen LogP contribution in [0.3, 0.4) is 0 Å². The van der Waals surface area contributed by atoms with Gasteiger partial charge >= 0.3 is 24.5 Å². The van der Waals surface area contributed by atoms with Crippen LogP contribution < -0.4 is 9.80 Å². The van der Waals surface area contributed by atoms with Gasteiger partial charge in [0.15, 0.2) is 0 Å². The summed E-state index contributed by atoms with van der Waals surface area (Å²) in [4.78, 5) is 23.4. The van der Waals surface area contributed by atoms with Crippen molar-refractivity contribution in [1.82, 2.24) is 9.97 Å². The third-order valence-corrected chi connectivity index (χ3v) is 9.02. The van der Waals surface area contributed by atoms with Gasteiger partial charge in [0.2, 0.25) is 5.95 Å². The summed E-state index contributed by atoms with van der Waals surface area (Å²) in [6.45, 7) is 3.81. The van der Waals surface area contributed by atoms with Gasteiger partial charge in [0, 0.05) is 50.7 Å². The maximum absolute atomic E-state index is 14.0. The molecule has 0 spiro atoms. The lowest BCUT2D eigenvalue weighted by molar-refractivity contribution is -0.145. The van der Waals surface area contributed by atoms with Gasteiger partial charge in [-0.25, -0.2) is 9.97 Å². The molecule has 0 aliphatic heterocycles. The van der Waals surface area contributed by atoms with E-state index in [0.29, 0.717) is 48.4 Å². The smallest absolute Gasteiger partial charge is 0.416 e. The van der Waals surface area contributed by atoms with E-state index in [-0.39, 0.29) is 47.5 Å². The van der Waals surface area contributed by atoms with Crippen molar-refractivity contribution in [1.29, 1.82) is 0 Å². The average molecular weight is 784 g/mol. The Morgan fingerprint density at radius 3 is 1.86 bits per heavy atom. The Hall–Kier alpha value is -3.56. The maximum atomic E-state index is 14.0. The lowest BCUT2D eigenvalue weighted by Gasteiger charge is -2.35. The van der Waals surface area contributed by atoms with Crippen LogP contribution in [0.4, 0.5) is 51.1 Å². The monoisotopic (exact) mass is 782 g/mol. The Labute approximate surface area is 292 Å². The van der Waals surface area contributed by atoms with E-state index in [0.717, 1.165) is 37.8 Å². The Morgan fingerprint density at radius 2 is 1.34 bits per heavy atom. The molecule has 3 aromatic rings.